The Hall–Kier alpha value is -2.04. The number of benzene rings is 1. The summed E-state index contributed by atoms with van der Waals surface area (Å²) in [6.45, 7) is 3.97. The summed E-state index contributed by atoms with van der Waals surface area (Å²) in [5.74, 6) is -0.937. The first kappa shape index (κ1) is 16.0. The standard InChI is InChI=1S/C15H23N3O2/c1-3-5-6-11-7-9-12(10-8-11)17-15(19)13(4-2)14(16)18-20/h7-10,13,20H,3-6H2,1-2H3,(H2,16,18)(H,17,19). The first-order chi connectivity index (χ1) is 9.62. The molecule has 0 radical (unpaired) electrons. The smallest absolute Gasteiger partial charge is 0.235 e. The molecule has 0 aliphatic heterocycles. The van der Waals surface area contributed by atoms with Crippen LogP contribution in [0.15, 0.2) is 29.4 Å². The molecule has 0 saturated heterocycles. The molecule has 1 unspecified atom stereocenters. The molecule has 0 saturated carbocycles. The van der Waals surface area contributed by atoms with Crippen molar-refractivity contribution < 1.29 is 10.0 Å². The van der Waals surface area contributed by atoms with Crippen molar-refractivity contribution in [3.05, 3.63) is 29.8 Å². The van der Waals surface area contributed by atoms with Gasteiger partial charge in [0.25, 0.3) is 0 Å². The van der Waals surface area contributed by atoms with Gasteiger partial charge in [-0.1, -0.05) is 37.6 Å². The molecule has 0 aliphatic carbocycles. The molecular formula is C15H23N3O2. The average molecular weight is 277 g/mol. The highest BCUT2D eigenvalue weighted by Crippen LogP contribution is 2.14. The van der Waals surface area contributed by atoms with E-state index >= 15 is 0 Å². The molecule has 0 fully saturated rings. The van der Waals surface area contributed by atoms with Crippen LogP contribution in [0.2, 0.25) is 0 Å². The molecule has 0 aliphatic rings. The highest BCUT2D eigenvalue weighted by Gasteiger charge is 2.21. The molecule has 110 valence electrons. The predicted molar refractivity (Wildman–Crippen MR) is 80.9 cm³/mol. The van der Waals surface area contributed by atoms with Gasteiger partial charge in [0.1, 0.15) is 0 Å². The van der Waals surface area contributed by atoms with Crippen LogP contribution in [-0.2, 0) is 11.2 Å². The lowest BCUT2D eigenvalue weighted by atomic mass is 10.0. The zero-order valence-electron chi connectivity index (χ0n) is 12.1. The highest BCUT2D eigenvalue weighted by molar-refractivity contribution is 6.07. The Labute approximate surface area is 119 Å². The molecule has 20 heavy (non-hydrogen) atoms. The lowest BCUT2D eigenvalue weighted by molar-refractivity contribution is -0.118. The SMILES string of the molecule is CCCCc1ccc(NC(=O)C(CC)C(N)=NO)cc1. The maximum Gasteiger partial charge on any atom is 0.235 e. The summed E-state index contributed by atoms with van der Waals surface area (Å²) in [6, 6.07) is 7.77. The molecule has 5 nitrogen and oxygen atoms in total. The lowest BCUT2D eigenvalue weighted by Gasteiger charge is -2.13. The van der Waals surface area contributed by atoms with Gasteiger partial charge in [0.05, 0.1) is 5.92 Å². The van der Waals surface area contributed by atoms with E-state index in [-0.39, 0.29) is 11.7 Å². The van der Waals surface area contributed by atoms with Crippen molar-refractivity contribution in [3.63, 3.8) is 0 Å². The van der Waals surface area contributed by atoms with Gasteiger partial charge in [-0.15, -0.1) is 0 Å². The van der Waals surface area contributed by atoms with Crippen molar-refractivity contribution in [1.29, 1.82) is 0 Å². The van der Waals surface area contributed by atoms with Gasteiger partial charge in [-0.25, -0.2) is 0 Å². The Morgan fingerprint density at radius 1 is 1.35 bits per heavy atom. The van der Waals surface area contributed by atoms with Crippen LogP contribution in [0.25, 0.3) is 0 Å². The third-order valence-corrected chi connectivity index (χ3v) is 3.24. The van der Waals surface area contributed by atoms with Crippen LogP contribution in [0, 0.1) is 5.92 Å². The molecule has 1 aromatic rings. The predicted octanol–water partition coefficient (Wildman–Crippen LogP) is 2.74. The van der Waals surface area contributed by atoms with Gasteiger partial charge in [-0.3, -0.25) is 4.79 Å². The fourth-order valence-corrected chi connectivity index (χ4v) is 1.96. The summed E-state index contributed by atoms with van der Waals surface area (Å²) in [7, 11) is 0. The highest BCUT2D eigenvalue weighted by atomic mass is 16.4. The topological polar surface area (TPSA) is 87.7 Å². The molecule has 4 N–H and O–H groups in total. The number of carbonyl (C=O) groups is 1. The summed E-state index contributed by atoms with van der Waals surface area (Å²) in [6.07, 6.45) is 3.85. The third-order valence-electron chi connectivity index (χ3n) is 3.24. The largest absolute Gasteiger partial charge is 0.409 e. The first-order valence-corrected chi connectivity index (χ1v) is 6.99. The minimum atomic E-state index is -0.611. The van der Waals surface area contributed by atoms with Crippen LogP contribution in [-0.4, -0.2) is 17.0 Å². The zero-order valence-corrected chi connectivity index (χ0v) is 12.1. The molecule has 0 heterocycles. The van der Waals surface area contributed by atoms with Gasteiger partial charge in [0, 0.05) is 5.69 Å². The molecule has 1 rings (SSSR count). The van der Waals surface area contributed by atoms with Crippen LogP contribution in [0.3, 0.4) is 0 Å². The number of carbonyl (C=O) groups excluding carboxylic acids is 1. The van der Waals surface area contributed by atoms with Crippen LogP contribution in [0.1, 0.15) is 38.7 Å². The van der Waals surface area contributed by atoms with Crippen LogP contribution < -0.4 is 11.1 Å². The van der Waals surface area contributed by atoms with Crippen LogP contribution >= 0.6 is 0 Å². The number of unbranched alkanes of at least 4 members (excludes halogenated alkanes) is 1. The second kappa shape index (κ2) is 8.19. The van der Waals surface area contributed by atoms with Crippen LogP contribution in [0.5, 0.6) is 0 Å². The molecule has 0 aromatic heterocycles. The molecule has 1 aromatic carbocycles. The van der Waals surface area contributed by atoms with E-state index in [9.17, 15) is 4.79 Å². The Morgan fingerprint density at radius 2 is 2.00 bits per heavy atom. The number of amides is 1. The minimum absolute atomic E-state index is 0.0652. The van der Waals surface area contributed by atoms with E-state index < -0.39 is 5.92 Å². The summed E-state index contributed by atoms with van der Waals surface area (Å²) in [4.78, 5) is 12.0. The normalized spacial score (nSPS) is 13.0. The Morgan fingerprint density at radius 3 is 2.50 bits per heavy atom. The summed E-state index contributed by atoms with van der Waals surface area (Å²) >= 11 is 0. The van der Waals surface area contributed by atoms with E-state index in [0.717, 1.165) is 24.9 Å². The maximum absolute atomic E-state index is 12.0. The minimum Gasteiger partial charge on any atom is -0.409 e. The van der Waals surface area contributed by atoms with E-state index in [1.807, 2.05) is 31.2 Å². The lowest BCUT2D eigenvalue weighted by Crippen LogP contribution is -2.34. The number of nitrogens with one attached hydrogen (secondary N) is 1. The number of nitrogens with zero attached hydrogens (tertiary/aromatic N) is 1. The quantitative estimate of drug-likeness (QED) is 0.310. The molecule has 1 amide bonds. The second-order valence-electron chi connectivity index (χ2n) is 4.78. The van der Waals surface area contributed by atoms with Gasteiger partial charge in [-0.05, 0) is 37.0 Å². The number of hydrogen-bond acceptors (Lipinski definition) is 3. The van der Waals surface area contributed by atoms with Gasteiger partial charge in [-0.2, -0.15) is 0 Å². The number of aryl methyl sites for hydroxylation is 1. The van der Waals surface area contributed by atoms with Crippen molar-refractivity contribution >= 4 is 17.4 Å². The monoisotopic (exact) mass is 277 g/mol. The summed E-state index contributed by atoms with van der Waals surface area (Å²) in [5.41, 5.74) is 7.48. The fourth-order valence-electron chi connectivity index (χ4n) is 1.96. The average Bonchev–Trinajstić information content (AvgIpc) is 2.47. The Bertz CT molecular complexity index is 455. The zero-order chi connectivity index (χ0) is 15.0. The molecule has 0 spiro atoms. The van der Waals surface area contributed by atoms with E-state index in [1.54, 1.807) is 0 Å². The van der Waals surface area contributed by atoms with Crippen molar-refractivity contribution in [2.75, 3.05) is 5.32 Å². The second-order valence-corrected chi connectivity index (χ2v) is 4.78. The number of anilines is 1. The maximum atomic E-state index is 12.0. The Balaban J connectivity index is 2.66. The summed E-state index contributed by atoms with van der Waals surface area (Å²) in [5, 5.41) is 14.3. The van der Waals surface area contributed by atoms with Gasteiger partial charge < -0.3 is 16.3 Å². The van der Waals surface area contributed by atoms with Gasteiger partial charge in [0.2, 0.25) is 5.91 Å². The molecule has 1 atom stereocenters. The van der Waals surface area contributed by atoms with Crippen molar-refractivity contribution in [2.45, 2.75) is 39.5 Å². The fraction of sp³-hybridized carbons (Fsp3) is 0.467. The van der Waals surface area contributed by atoms with E-state index in [0.29, 0.717) is 6.42 Å². The van der Waals surface area contributed by atoms with Crippen molar-refractivity contribution in [1.82, 2.24) is 0 Å². The third kappa shape index (κ3) is 4.57. The first-order valence-electron chi connectivity index (χ1n) is 6.99. The number of hydrogen-bond donors (Lipinski definition) is 3. The van der Waals surface area contributed by atoms with Crippen molar-refractivity contribution in [2.24, 2.45) is 16.8 Å². The summed E-state index contributed by atoms with van der Waals surface area (Å²) < 4.78 is 0. The van der Waals surface area contributed by atoms with E-state index in [1.165, 1.54) is 5.56 Å². The number of amidine groups is 1. The van der Waals surface area contributed by atoms with Crippen LogP contribution in [0.4, 0.5) is 5.69 Å². The molecule has 5 heteroatoms. The number of nitrogens with two attached hydrogens (primary N) is 1. The van der Waals surface area contributed by atoms with E-state index in [2.05, 4.69) is 17.4 Å². The number of oxime groups is 1. The molecule has 0 bridgehead atoms. The molecular weight excluding hydrogens is 254 g/mol. The van der Waals surface area contributed by atoms with Gasteiger partial charge >= 0.3 is 0 Å². The Kier molecular flexibility index (Phi) is 6.56. The van der Waals surface area contributed by atoms with Crippen molar-refractivity contribution in [3.8, 4) is 0 Å². The number of rotatable bonds is 7. The van der Waals surface area contributed by atoms with Gasteiger partial charge in [0.15, 0.2) is 5.84 Å². The van der Waals surface area contributed by atoms with E-state index in [4.69, 9.17) is 10.9 Å².